The predicted octanol–water partition coefficient (Wildman–Crippen LogP) is 5.22. The van der Waals surface area contributed by atoms with Gasteiger partial charge < -0.3 is 10.6 Å². The summed E-state index contributed by atoms with van der Waals surface area (Å²) >= 11 is 9.08. The fraction of sp³-hybridized carbons (Fsp3) is 0.591. The largest absolute Gasteiger partial charge is 0.356 e. The van der Waals surface area contributed by atoms with Crippen LogP contribution in [-0.4, -0.2) is 41.0 Å². The number of thioether (sulfide) groups is 1. The molecule has 1 aromatic carbocycles. The first-order valence-corrected chi connectivity index (χ1v) is 13.0. The van der Waals surface area contributed by atoms with E-state index in [1.54, 1.807) is 0 Å². The van der Waals surface area contributed by atoms with E-state index in [9.17, 15) is 9.59 Å². The first kappa shape index (κ1) is 25.0. The van der Waals surface area contributed by atoms with Crippen molar-refractivity contribution in [3.63, 3.8) is 0 Å². The van der Waals surface area contributed by atoms with Gasteiger partial charge in [0.25, 0.3) is 0 Å². The highest BCUT2D eigenvalue weighted by Crippen LogP contribution is 2.35. The van der Waals surface area contributed by atoms with E-state index in [1.165, 1.54) is 23.1 Å². The molecule has 2 unspecified atom stereocenters. The average Bonchev–Trinajstić information content (AvgIpc) is 3.16. The number of carbonyl (C=O) groups excluding carboxylic acids is 2. The summed E-state index contributed by atoms with van der Waals surface area (Å²) in [6.45, 7) is 5.46. The van der Waals surface area contributed by atoms with Gasteiger partial charge in [-0.2, -0.15) is 0 Å². The number of hydrogen-bond acceptors (Lipinski definition) is 5. The number of nitrogens with one attached hydrogen (secondary N) is 2. The molecule has 0 fully saturated rings. The number of para-hydroxylation sites is 1. The molecule has 0 bridgehead atoms. The van der Waals surface area contributed by atoms with Crippen LogP contribution >= 0.6 is 34.7 Å². The molecule has 166 valence electrons. The maximum Gasteiger partial charge on any atom is 0.234 e. The Balaban J connectivity index is 2.13. The minimum absolute atomic E-state index is 0.0879. The first-order chi connectivity index (χ1) is 14.6. The van der Waals surface area contributed by atoms with Crippen molar-refractivity contribution in [2.45, 2.75) is 62.0 Å². The van der Waals surface area contributed by atoms with Crippen molar-refractivity contribution in [1.29, 1.82) is 0 Å². The zero-order chi connectivity index (χ0) is 21.8. The third-order valence-corrected chi connectivity index (χ3v) is 7.58. The number of aromatic nitrogens is 1. The monoisotopic (exact) mass is 469 g/mol. The van der Waals surface area contributed by atoms with E-state index in [-0.39, 0.29) is 17.7 Å². The van der Waals surface area contributed by atoms with Crippen LogP contribution in [0, 0.1) is 5.92 Å². The van der Waals surface area contributed by atoms with Gasteiger partial charge in [-0.25, -0.2) is 4.98 Å². The van der Waals surface area contributed by atoms with Crippen LogP contribution in [0.4, 0.5) is 0 Å². The lowest BCUT2D eigenvalue weighted by Gasteiger charge is -2.23. The Bertz CT molecular complexity index is 767. The molecule has 0 saturated carbocycles. The second-order valence-electron chi connectivity index (χ2n) is 7.24. The Kier molecular flexibility index (Phi) is 11.6. The van der Waals surface area contributed by atoms with Crippen molar-refractivity contribution < 1.29 is 9.59 Å². The Morgan fingerprint density at radius 1 is 1.03 bits per heavy atom. The number of rotatable bonds is 14. The van der Waals surface area contributed by atoms with Gasteiger partial charge in [-0.3, -0.25) is 9.59 Å². The fourth-order valence-corrected chi connectivity index (χ4v) is 5.86. The zero-order valence-corrected chi connectivity index (χ0v) is 20.2. The van der Waals surface area contributed by atoms with Gasteiger partial charge in [-0.05, 0) is 25.0 Å². The van der Waals surface area contributed by atoms with Gasteiger partial charge in [-0.1, -0.05) is 63.4 Å². The third kappa shape index (κ3) is 7.75. The van der Waals surface area contributed by atoms with Crippen LogP contribution in [0.2, 0.25) is 0 Å². The fourth-order valence-electron chi connectivity index (χ4n) is 3.02. The van der Waals surface area contributed by atoms with Crippen molar-refractivity contribution in [3.8, 4) is 0 Å². The molecule has 1 heterocycles. The molecule has 0 aliphatic rings. The molecule has 0 aliphatic heterocycles. The minimum Gasteiger partial charge on any atom is -0.356 e. The molecule has 2 N–H and O–H groups in total. The van der Waals surface area contributed by atoms with E-state index in [4.69, 9.17) is 11.6 Å². The number of amides is 2. The van der Waals surface area contributed by atoms with Crippen molar-refractivity contribution >= 4 is 56.7 Å². The van der Waals surface area contributed by atoms with Crippen LogP contribution in [-0.2, 0) is 9.59 Å². The lowest BCUT2D eigenvalue weighted by Crippen LogP contribution is -2.45. The molecule has 0 saturated heterocycles. The Morgan fingerprint density at radius 2 is 1.67 bits per heavy atom. The second kappa shape index (κ2) is 13.9. The smallest absolute Gasteiger partial charge is 0.234 e. The van der Waals surface area contributed by atoms with Crippen molar-refractivity contribution in [3.05, 3.63) is 24.3 Å². The molecular weight excluding hydrogens is 438 g/mol. The standard InChI is InChI=1S/C22H32ClN3O2S2/c1-3-5-9-13-24-20(27)16(15-23)19(21(28)25-14-10-6-4-2)30-22-26-17-11-7-8-12-18(17)29-22/h7-8,11-12,16,19H,3-6,9-10,13-15H2,1-2H3,(H,24,27)(H,25,28). The molecular formula is C22H32ClN3O2S2. The minimum atomic E-state index is -0.615. The number of hydrogen-bond donors (Lipinski definition) is 2. The van der Waals surface area contributed by atoms with E-state index in [1.807, 2.05) is 24.3 Å². The predicted molar refractivity (Wildman–Crippen MR) is 129 cm³/mol. The van der Waals surface area contributed by atoms with Gasteiger partial charge >= 0.3 is 0 Å². The summed E-state index contributed by atoms with van der Waals surface area (Å²) in [5.41, 5.74) is 0.901. The number of nitrogens with zero attached hydrogens (tertiary/aromatic N) is 1. The van der Waals surface area contributed by atoms with Gasteiger partial charge in [0.05, 0.1) is 16.1 Å². The quantitative estimate of drug-likeness (QED) is 0.226. The summed E-state index contributed by atoms with van der Waals surface area (Å²) < 4.78 is 1.84. The van der Waals surface area contributed by atoms with Crippen LogP contribution in [0.3, 0.4) is 0 Å². The average molecular weight is 470 g/mol. The molecule has 1 aromatic heterocycles. The maximum atomic E-state index is 13.0. The number of halogens is 1. The summed E-state index contributed by atoms with van der Waals surface area (Å²) in [4.78, 5) is 30.5. The molecule has 0 radical (unpaired) electrons. The molecule has 2 amide bonds. The molecule has 30 heavy (non-hydrogen) atoms. The Morgan fingerprint density at radius 3 is 2.27 bits per heavy atom. The van der Waals surface area contributed by atoms with E-state index in [2.05, 4.69) is 29.5 Å². The highest BCUT2D eigenvalue weighted by molar-refractivity contribution is 8.02. The third-order valence-electron chi connectivity index (χ3n) is 4.79. The highest BCUT2D eigenvalue weighted by Gasteiger charge is 2.34. The van der Waals surface area contributed by atoms with Crippen molar-refractivity contribution in [2.75, 3.05) is 19.0 Å². The van der Waals surface area contributed by atoms with E-state index < -0.39 is 11.2 Å². The molecule has 8 heteroatoms. The lowest BCUT2D eigenvalue weighted by atomic mass is 10.1. The number of alkyl halides is 1. The maximum absolute atomic E-state index is 13.0. The Hall–Kier alpha value is -1.31. The normalized spacial score (nSPS) is 13.2. The molecule has 2 rings (SSSR count). The van der Waals surface area contributed by atoms with Crippen molar-refractivity contribution in [1.82, 2.24) is 15.6 Å². The first-order valence-electron chi connectivity index (χ1n) is 10.7. The van der Waals surface area contributed by atoms with Gasteiger partial charge in [-0.15, -0.1) is 22.9 Å². The molecule has 2 aromatic rings. The van der Waals surface area contributed by atoms with E-state index >= 15 is 0 Å². The Labute approximate surface area is 192 Å². The molecule has 0 aliphatic carbocycles. The SMILES string of the molecule is CCCCCNC(=O)C(CCl)C(Sc1nc2ccccc2s1)C(=O)NCCCCC. The number of carbonyl (C=O) groups is 2. The number of fused-ring (bicyclic) bond motifs is 1. The molecule has 2 atom stereocenters. The van der Waals surface area contributed by atoms with E-state index in [0.29, 0.717) is 13.1 Å². The van der Waals surface area contributed by atoms with Gasteiger partial charge in [0.15, 0.2) is 4.34 Å². The topological polar surface area (TPSA) is 71.1 Å². The summed E-state index contributed by atoms with van der Waals surface area (Å²) in [5.74, 6) is -0.838. The van der Waals surface area contributed by atoms with Crippen LogP contribution < -0.4 is 10.6 Å². The highest BCUT2D eigenvalue weighted by atomic mass is 35.5. The van der Waals surface area contributed by atoms with Crippen LogP contribution in [0.1, 0.15) is 52.4 Å². The van der Waals surface area contributed by atoms with Gasteiger partial charge in [0.1, 0.15) is 5.25 Å². The summed E-state index contributed by atoms with van der Waals surface area (Å²) in [7, 11) is 0. The van der Waals surface area contributed by atoms with Gasteiger partial charge in [0.2, 0.25) is 11.8 Å². The molecule has 5 nitrogen and oxygen atoms in total. The van der Waals surface area contributed by atoms with Crippen LogP contribution in [0.5, 0.6) is 0 Å². The summed E-state index contributed by atoms with van der Waals surface area (Å²) in [5, 5.41) is 5.34. The van der Waals surface area contributed by atoms with Crippen LogP contribution in [0.15, 0.2) is 28.6 Å². The number of unbranched alkanes of at least 4 members (excludes halogenated alkanes) is 4. The summed E-state index contributed by atoms with van der Waals surface area (Å²) in [6.07, 6.45) is 6.15. The van der Waals surface area contributed by atoms with Crippen LogP contribution in [0.25, 0.3) is 10.2 Å². The summed E-state index contributed by atoms with van der Waals surface area (Å²) in [6, 6.07) is 7.88. The number of benzene rings is 1. The lowest BCUT2D eigenvalue weighted by molar-refractivity contribution is -0.129. The molecule has 0 spiro atoms. The second-order valence-corrected chi connectivity index (χ2v) is 9.97. The van der Waals surface area contributed by atoms with E-state index in [0.717, 1.165) is 53.1 Å². The zero-order valence-electron chi connectivity index (χ0n) is 17.8. The van der Waals surface area contributed by atoms with Crippen molar-refractivity contribution in [2.24, 2.45) is 5.92 Å². The van der Waals surface area contributed by atoms with Gasteiger partial charge in [0, 0.05) is 19.0 Å². The number of thiazole rings is 1.